The molecule has 158 valence electrons. The van der Waals surface area contributed by atoms with E-state index >= 15 is 0 Å². The Hall–Kier alpha value is -2.52. The fraction of sp³-hybridized carbons (Fsp3) is 0.286. The maximum atomic E-state index is 12.4. The number of rotatable bonds is 10. The fourth-order valence-corrected chi connectivity index (χ4v) is 4.10. The highest BCUT2D eigenvalue weighted by Crippen LogP contribution is 2.26. The van der Waals surface area contributed by atoms with Gasteiger partial charge in [-0.2, -0.15) is 0 Å². The third-order valence-corrected chi connectivity index (χ3v) is 5.90. The molecule has 0 saturated carbocycles. The van der Waals surface area contributed by atoms with E-state index in [0.717, 1.165) is 9.63 Å². The Morgan fingerprint density at radius 3 is 2.60 bits per heavy atom. The lowest BCUT2D eigenvalue weighted by Crippen LogP contribution is -2.25. The maximum Gasteiger partial charge on any atom is 0.252 e. The highest BCUT2D eigenvalue weighted by atomic mass is 79.9. The molecule has 0 saturated heterocycles. The molecular weight excluding hydrogens is 468 g/mol. The maximum absolute atomic E-state index is 12.4. The average molecular weight is 491 g/mol. The van der Waals surface area contributed by atoms with Gasteiger partial charge < -0.3 is 19.4 Å². The average Bonchev–Trinajstić information content (AvgIpc) is 3.17. The van der Waals surface area contributed by atoms with Gasteiger partial charge in [0.05, 0.1) is 25.8 Å². The third kappa shape index (κ3) is 5.54. The van der Waals surface area contributed by atoms with Crippen molar-refractivity contribution in [1.82, 2.24) is 20.1 Å². The zero-order valence-corrected chi connectivity index (χ0v) is 19.2. The molecule has 0 radical (unpaired) electrons. The van der Waals surface area contributed by atoms with Gasteiger partial charge in [-0.1, -0.05) is 36.0 Å². The molecule has 1 N–H and O–H groups in total. The van der Waals surface area contributed by atoms with E-state index in [1.807, 2.05) is 54.0 Å². The summed E-state index contributed by atoms with van der Waals surface area (Å²) in [6, 6.07) is 14.9. The van der Waals surface area contributed by atoms with Crippen molar-refractivity contribution in [2.75, 3.05) is 19.5 Å². The number of para-hydroxylation sites is 2. The Morgan fingerprint density at radius 2 is 1.87 bits per heavy atom. The first-order chi connectivity index (χ1) is 14.6. The van der Waals surface area contributed by atoms with E-state index in [1.165, 1.54) is 0 Å². The standard InChI is InChI=1S/C21H23BrN4O3S/c1-3-26-19(14-23-20(27)15-8-4-5-9-16(15)22)24-25-21(26)30-13-12-29-18-11-7-6-10-17(18)28-2/h4-11H,3,12-14H2,1-2H3,(H,23,27). The van der Waals surface area contributed by atoms with Gasteiger partial charge in [-0.05, 0) is 47.1 Å². The van der Waals surface area contributed by atoms with Crippen LogP contribution in [0.3, 0.4) is 0 Å². The van der Waals surface area contributed by atoms with Crippen LogP contribution in [0, 0.1) is 0 Å². The summed E-state index contributed by atoms with van der Waals surface area (Å²) < 4.78 is 13.8. The van der Waals surface area contributed by atoms with Crippen molar-refractivity contribution in [2.24, 2.45) is 0 Å². The molecule has 1 amide bonds. The summed E-state index contributed by atoms with van der Waals surface area (Å²) >= 11 is 4.96. The van der Waals surface area contributed by atoms with Crippen molar-refractivity contribution in [3.63, 3.8) is 0 Å². The summed E-state index contributed by atoms with van der Waals surface area (Å²) in [6.07, 6.45) is 0. The Labute approximate surface area is 188 Å². The molecule has 0 spiro atoms. The van der Waals surface area contributed by atoms with Crippen LogP contribution in [0.25, 0.3) is 0 Å². The molecule has 0 atom stereocenters. The monoisotopic (exact) mass is 490 g/mol. The van der Waals surface area contributed by atoms with E-state index < -0.39 is 0 Å². The number of hydrogen-bond donors (Lipinski definition) is 1. The Kier molecular flexibility index (Phi) is 8.15. The number of thioether (sulfide) groups is 1. The second kappa shape index (κ2) is 11.0. The first-order valence-corrected chi connectivity index (χ1v) is 11.2. The van der Waals surface area contributed by atoms with E-state index in [-0.39, 0.29) is 5.91 Å². The van der Waals surface area contributed by atoms with Crippen LogP contribution in [0.4, 0.5) is 0 Å². The first kappa shape index (κ1) is 22.2. The van der Waals surface area contributed by atoms with Gasteiger partial charge in [0.1, 0.15) is 0 Å². The molecular formula is C21H23BrN4O3S. The number of methoxy groups -OCH3 is 1. The number of carbonyl (C=O) groups excluding carboxylic acids is 1. The second-order valence-electron chi connectivity index (χ2n) is 6.15. The van der Waals surface area contributed by atoms with Crippen LogP contribution in [-0.2, 0) is 13.1 Å². The van der Waals surface area contributed by atoms with Gasteiger partial charge in [0.2, 0.25) is 0 Å². The minimum Gasteiger partial charge on any atom is -0.493 e. The third-order valence-electron chi connectivity index (χ3n) is 4.28. The molecule has 7 nitrogen and oxygen atoms in total. The first-order valence-electron chi connectivity index (χ1n) is 9.47. The SMILES string of the molecule is CCn1c(CNC(=O)c2ccccc2Br)nnc1SCCOc1ccccc1OC. The lowest BCUT2D eigenvalue weighted by Gasteiger charge is -2.11. The molecule has 0 bridgehead atoms. The van der Waals surface area contributed by atoms with Crippen LogP contribution < -0.4 is 14.8 Å². The zero-order valence-electron chi connectivity index (χ0n) is 16.8. The smallest absolute Gasteiger partial charge is 0.252 e. The van der Waals surface area contributed by atoms with Crippen molar-refractivity contribution in [2.45, 2.75) is 25.2 Å². The lowest BCUT2D eigenvalue weighted by molar-refractivity contribution is 0.0948. The van der Waals surface area contributed by atoms with E-state index in [4.69, 9.17) is 9.47 Å². The summed E-state index contributed by atoms with van der Waals surface area (Å²) in [5, 5.41) is 12.2. The summed E-state index contributed by atoms with van der Waals surface area (Å²) in [5.41, 5.74) is 0.586. The number of carbonyl (C=O) groups is 1. The molecule has 0 aliphatic heterocycles. The van der Waals surface area contributed by atoms with Crippen LogP contribution >= 0.6 is 27.7 Å². The van der Waals surface area contributed by atoms with E-state index in [0.29, 0.717) is 48.3 Å². The Balaban J connectivity index is 1.54. The summed E-state index contributed by atoms with van der Waals surface area (Å²) in [4.78, 5) is 12.4. The van der Waals surface area contributed by atoms with Gasteiger partial charge in [0.15, 0.2) is 22.5 Å². The Morgan fingerprint density at radius 1 is 1.13 bits per heavy atom. The van der Waals surface area contributed by atoms with Crippen LogP contribution in [0.1, 0.15) is 23.1 Å². The quantitative estimate of drug-likeness (QED) is 0.339. The second-order valence-corrected chi connectivity index (χ2v) is 8.07. The van der Waals surface area contributed by atoms with Gasteiger partial charge >= 0.3 is 0 Å². The zero-order chi connectivity index (χ0) is 21.3. The number of aromatic nitrogens is 3. The van der Waals surface area contributed by atoms with Gasteiger partial charge in [0.25, 0.3) is 5.91 Å². The molecule has 0 aliphatic carbocycles. The van der Waals surface area contributed by atoms with Crippen LogP contribution in [-0.4, -0.2) is 40.1 Å². The number of halogens is 1. The minimum absolute atomic E-state index is 0.160. The number of amides is 1. The van der Waals surface area contributed by atoms with Crippen molar-refractivity contribution in [1.29, 1.82) is 0 Å². The molecule has 1 heterocycles. The van der Waals surface area contributed by atoms with Crippen molar-refractivity contribution < 1.29 is 14.3 Å². The molecule has 30 heavy (non-hydrogen) atoms. The van der Waals surface area contributed by atoms with Crippen LogP contribution in [0.2, 0.25) is 0 Å². The molecule has 9 heteroatoms. The largest absolute Gasteiger partial charge is 0.493 e. The summed E-state index contributed by atoms with van der Waals surface area (Å²) in [7, 11) is 1.62. The highest BCUT2D eigenvalue weighted by molar-refractivity contribution is 9.10. The van der Waals surface area contributed by atoms with E-state index in [9.17, 15) is 4.79 Å². The topological polar surface area (TPSA) is 78.3 Å². The summed E-state index contributed by atoms with van der Waals surface area (Å²) in [6.45, 7) is 3.55. The van der Waals surface area contributed by atoms with Crippen molar-refractivity contribution in [3.8, 4) is 11.5 Å². The van der Waals surface area contributed by atoms with Crippen LogP contribution in [0.15, 0.2) is 58.2 Å². The highest BCUT2D eigenvalue weighted by Gasteiger charge is 2.14. The minimum atomic E-state index is -0.160. The Bertz CT molecular complexity index is 996. The van der Waals surface area contributed by atoms with Crippen molar-refractivity contribution >= 4 is 33.6 Å². The number of ether oxygens (including phenoxy) is 2. The lowest BCUT2D eigenvalue weighted by atomic mass is 10.2. The number of nitrogens with zero attached hydrogens (tertiary/aromatic N) is 3. The molecule has 2 aromatic carbocycles. The van der Waals surface area contributed by atoms with E-state index in [1.54, 1.807) is 24.9 Å². The van der Waals surface area contributed by atoms with E-state index in [2.05, 4.69) is 31.4 Å². The number of hydrogen-bond acceptors (Lipinski definition) is 6. The molecule has 1 aromatic heterocycles. The van der Waals surface area contributed by atoms with Crippen LogP contribution in [0.5, 0.6) is 11.5 Å². The van der Waals surface area contributed by atoms with Gasteiger partial charge in [0, 0.05) is 16.8 Å². The predicted molar refractivity (Wildman–Crippen MR) is 120 cm³/mol. The predicted octanol–water partition coefficient (Wildman–Crippen LogP) is 4.17. The van der Waals surface area contributed by atoms with Crippen molar-refractivity contribution in [3.05, 3.63) is 64.4 Å². The molecule has 3 aromatic rings. The van der Waals surface area contributed by atoms with Gasteiger partial charge in [-0.3, -0.25) is 4.79 Å². The molecule has 3 rings (SSSR count). The fourth-order valence-electron chi connectivity index (χ4n) is 2.80. The molecule has 0 fully saturated rings. The molecule has 0 aliphatic rings. The van der Waals surface area contributed by atoms with Gasteiger partial charge in [-0.15, -0.1) is 10.2 Å². The number of benzene rings is 2. The number of nitrogens with one attached hydrogen (secondary N) is 1. The molecule has 0 unspecified atom stereocenters. The van der Waals surface area contributed by atoms with Gasteiger partial charge in [-0.25, -0.2) is 0 Å². The summed E-state index contributed by atoms with van der Waals surface area (Å²) in [5.74, 6) is 2.69. The normalized spacial score (nSPS) is 10.6.